The molecule has 2 nitrogen and oxygen atoms in total. The first-order valence-electron chi connectivity index (χ1n) is 6.17. The third-order valence-corrected chi connectivity index (χ3v) is 3.36. The van der Waals surface area contributed by atoms with E-state index in [9.17, 15) is 4.79 Å². The maximum absolute atomic E-state index is 12.2. The number of nitrogens with one attached hydrogen (secondary N) is 1. The first-order chi connectivity index (χ1) is 8.75. The number of carbonyl (C=O) groups is 1. The lowest BCUT2D eigenvalue weighted by atomic mass is 10.0. The summed E-state index contributed by atoms with van der Waals surface area (Å²) in [6.07, 6.45) is 0. The minimum atomic E-state index is -0.0601. The fraction of sp³-hybridized carbons (Fsp3) is 0.188. The van der Waals surface area contributed by atoms with Crippen LogP contribution in [0.2, 0.25) is 0 Å². The van der Waals surface area contributed by atoms with Crippen LogP contribution in [0.4, 0.5) is 0 Å². The second-order valence-corrected chi connectivity index (χ2v) is 4.76. The summed E-state index contributed by atoms with van der Waals surface area (Å²) >= 11 is 0. The molecule has 1 saturated heterocycles. The highest BCUT2D eigenvalue weighted by Crippen LogP contribution is 2.31. The quantitative estimate of drug-likeness (QED) is 0.658. The Balaban J connectivity index is 1.75. The van der Waals surface area contributed by atoms with Crippen LogP contribution >= 0.6 is 0 Å². The van der Waals surface area contributed by atoms with Crippen molar-refractivity contribution in [3.05, 3.63) is 71.3 Å². The molecule has 0 amide bonds. The van der Waals surface area contributed by atoms with Crippen molar-refractivity contribution in [3.63, 3.8) is 0 Å². The number of ketones is 1. The van der Waals surface area contributed by atoms with E-state index in [1.54, 1.807) is 0 Å². The minimum absolute atomic E-state index is 0.0601. The van der Waals surface area contributed by atoms with Crippen molar-refractivity contribution in [2.75, 3.05) is 0 Å². The summed E-state index contributed by atoms with van der Waals surface area (Å²) in [4.78, 5) is 12.2. The molecule has 0 spiro atoms. The van der Waals surface area contributed by atoms with Crippen LogP contribution in [0.1, 0.15) is 27.5 Å². The van der Waals surface area contributed by atoms with Gasteiger partial charge in [-0.1, -0.05) is 60.2 Å². The van der Waals surface area contributed by atoms with Crippen molar-refractivity contribution < 1.29 is 4.79 Å². The van der Waals surface area contributed by atoms with Gasteiger partial charge in [-0.05, 0) is 12.5 Å². The van der Waals surface area contributed by atoms with Crippen LogP contribution in [0.5, 0.6) is 0 Å². The summed E-state index contributed by atoms with van der Waals surface area (Å²) < 4.78 is 0. The molecule has 1 aliphatic rings. The zero-order valence-corrected chi connectivity index (χ0v) is 10.3. The number of benzene rings is 2. The van der Waals surface area contributed by atoms with Gasteiger partial charge in [-0.3, -0.25) is 10.1 Å². The van der Waals surface area contributed by atoms with Gasteiger partial charge in [-0.25, -0.2) is 0 Å². The van der Waals surface area contributed by atoms with Gasteiger partial charge in [0.1, 0.15) is 0 Å². The van der Waals surface area contributed by atoms with Crippen molar-refractivity contribution >= 4 is 5.78 Å². The molecule has 0 unspecified atom stereocenters. The van der Waals surface area contributed by atoms with Gasteiger partial charge in [0.15, 0.2) is 5.78 Å². The summed E-state index contributed by atoms with van der Waals surface area (Å²) in [7, 11) is 0. The number of Topliss-reactive ketones (excluding diaryl/α,β-unsaturated/α-hetero) is 1. The Hall–Kier alpha value is -1.93. The molecule has 0 aromatic heterocycles. The SMILES string of the molecule is Cc1ccc(C(=O)[C@H]2N[C@@H]2c2ccccc2)cc1. The Bertz CT molecular complexity index is 559. The smallest absolute Gasteiger partial charge is 0.181 e. The van der Waals surface area contributed by atoms with Gasteiger partial charge >= 0.3 is 0 Å². The normalized spacial score (nSPS) is 21.6. The Kier molecular flexibility index (Phi) is 2.73. The van der Waals surface area contributed by atoms with Crippen LogP contribution in [-0.2, 0) is 0 Å². The van der Waals surface area contributed by atoms with E-state index in [1.807, 2.05) is 49.4 Å². The molecule has 2 heteroatoms. The number of aryl methyl sites for hydroxylation is 1. The van der Waals surface area contributed by atoms with Gasteiger partial charge in [-0.15, -0.1) is 0 Å². The van der Waals surface area contributed by atoms with Crippen LogP contribution in [0.15, 0.2) is 54.6 Å². The zero-order valence-electron chi connectivity index (χ0n) is 10.3. The molecule has 18 heavy (non-hydrogen) atoms. The molecule has 1 N–H and O–H groups in total. The standard InChI is InChI=1S/C16H15NO/c1-11-7-9-13(10-8-11)16(18)15-14(17-15)12-5-3-2-4-6-12/h2-10,14-15,17H,1H3/t14-,15+/m1/s1. The Morgan fingerprint density at radius 3 is 2.33 bits per heavy atom. The van der Waals surface area contributed by atoms with Crippen LogP contribution in [0, 0.1) is 6.92 Å². The lowest BCUT2D eigenvalue weighted by Gasteiger charge is -2.00. The van der Waals surface area contributed by atoms with Crippen LogP contribution < -0.4 is 5.32 Å². The number of hydrogen-bond donors (Lipinski definition) is 1. The summed E-state index contributed by atoms with van der Waals surface area (Å²) in [6, 6.07) is 18.0. The first kappa shape index (κ1) is 11.2. The van der Waals surface area contributed by atoms with E-state index in [4.69, 9.17) is 0 Å². The van der Waals surface area contributed by atoms with Gasteiger partial charge in [0.05, 0.1) is 12.1 Å². The Labute approximate surface area is 107 Å². The highest BCUT2D eigenvalue weighted by Gasteiger charge is 2.43. The van der Waals surface area contributed by atoms with E-state index in [1.165, 1.54) is 11.1 Å². The lowest BCUT2D eigenvalue weighted by molar-refractivity contribution is 0.0988. The van der Waals surface area contributed by atoms with E-state index < -0.39 is 0 Å². The maximum atomic E-state index is 12.2. The molecule has 0 bridgehead atoms. The molecule has 2 aromatic rings. The van der Waals surface area contributed by atoms with E-state index in [0.717, 1.165) is 5.56 Å². The van der Waals surface area contributed by atoms with Crippen molar-refractivity contribution in [2.24, 2.45) is 0 Å². The average Bonchev–Trinajstić information content (AvgIpc) is 3.20. The third kappa shape index (κ3) is 2.07. The number of carbonyl (C=O) groups excluding carboxylic acids is 1. The van der Waals surface area contributed by atoms with Crippen molar-refractivity contribution in [1.29, 1.82) is 0 Å². The van der Waals surface area contributed by atoms with E-state index in [2.05, 4.69) is 17.4 Å². The maximum Gasteiger partial charge on any atom is 0.181 e. The largest absolute Gasteiger partial charge is 0.297 e. The molecule has 2 atom stereocenters. The molecule has 0 saturated carbocycles. The molecule has 3 rings (SSSR count). The van der Waals surface area contributed by atoms with Crippen LogP contribution in [-0.4, -0.2) is 11.8 Å². The van der Waals surface area contributed by atoms with Crippen molar-refractivity contribution in [2.45, 2.75) is 19.0 Å². The van der Waals surface area contributed by atoms with Gasteiger partial charge in [-0.2, -0.15) is 0 Å². The Morgan fingerprint density at radius 1 is 1.00 bits per heavy atom. The number of rotatable bonds is 3. The lowest BCUT2D eigenvalue weighted by Crippen LogP contribution is -2.10. The molecular formula is C16H15NO. The average molecular weight is 237 g/mol. The molecule has 90 valence electrons. The van der Waals surface area contributed by atoms with E-state index in [0.29, 0.717) is 0 Å². The molecule has 1 aliphatic heterocycles. The van der Waals surface area contributed by atoms with Crippen LogP contribution in [0.25, 0.3) is 0 Å². The van der Waals surface area contributed by atoms with E-state index >= 15 is 0 Å². The second kappa shape index (κ2) is 4.39. The minimum Gasteiger partial charge on any atom is -0.297 e. The van der Waals surface area contributed by atoms with Crippen molar-refractivity contribution in [3.8, 4) is 0 Å². The van der Waals surface area contributed by atoms with Gasteiger partial charge < -0.3 is 0 Å². The highest BCUT2D eigenvalue weighted by atomic mass is 16.1. The second-order valence-electron chi connectivity index (χ2n) is 4.76. The van der Waals surface area contributed by atoms with E-state index in [-0.39, 0.29) is 17.9 Å². The summed E-state index contributed by atoms with van der Waals surface area (Å²) in [6.45, 7) is 2.02. The van der Waals surface area contributed by atoms with Crippen molar-refractivity contribution in [1.82, 2.24) is 5.32 Å². The zero-order chi connectivity index (χ0) is 12.5. The third-order valence-electron chi connectivity index (χ3n) is 3.36. The monoisotopic (exact) mass is 237 g/mol. The fourth-order valence-electron chi connectivity index (χ4n) is 2.21. The molecule has 1 heterocycles. The predicted molar refractivity (Wildman–Crippen MR) is 71.6 cm³/mol. The van der Waals surface area contributed by atoms with Gasteiger partial charge in [0, 0.05) is 5.56 Å². The summed E-state index contributed by atoms with van der Waals surface area (Å²) in [5.74, 6) is 0.184. The summed E-state index contributed by atoms with van der Waals surface area (Å²) in [5.41, 5.74) is 3.15. The van der Waals surface area contributed by atoms with Gasteiger partial charge in [0.2, 0.25) is 0 Å². The first-order valence-corrected chi connectivity index (χ1v) is 6.17. The molecular weight excluding hydrogens is 222 g/mol. The molecule has 0 aliphatic carbocycles. The Morgan fingerprint density at radius 2 is 1.67 bits per heavy atom. The molecule has 1 fully saturated rings. The highest BCUT2D eigenvalue weighted by molar-refractivity contribution is 6.02. The number of hydrogen-bond acceptors (Lipinski definition) is 2. The van der Waals surface area contributed by atoms with Gasteiger partial charge in [0.25, 0.3) is 0 Å². The summed E-state index contributed by atoms with van der Waals surface area (Å²) in [5, 5.41) is 3.25. The molecule has 2 aromatic carbocycles. The predicted octanol–water partition coefficient (Wildman–Crippen LogP) is 2.89. The fourth-order valence-corrected chi connectivity index (χ4v) is 2.21. The van der Waals surface area contributed by atoms with Crippen LogP contribution in [0.3, 0.4) is 0 Å². The molecule has 0 radical (unpaired) electrons. The topological polar surface area (TPSA) is 39.0 Å².